The van der Waals surface area contributed by atoms with E-state index in [2.05, 4.69) is 161 Å². The summed E-state index contributed by atoms with van der Waals surface area (Å²) in [5.41, 5.74) is 13.9. The molecule has 2 aromatic heterocycles. The summed E-state index contributed by atoms with van der Waals surface area (Å²) < 4.78 is 82.8. The van der Waals surface area contributed by atoms with Gasteiger partial charge < -0.3 is 4.74 Å². The summed E-state index contributed by atoms with van der Waals surface area (Å²) in [5.74, 6) is 1.45. The maximum Gasteiger partial charge on any atom is 0.149 e. The molecular weight excluding hydrogens is 839 g/mol. The van der Waals surface area contributed by atoms with Crippen LogP contribution < -0.4 is 4.74 Å². The van der Waals surface area contributed by atoms with Crippen LogP contribution in [0.15, 0.2) is 194 Å². The summed E-state index contributed by atoms with van der Waals surface area (Å²) in [7, 11) is 1.71. The minimum atomic E-state index is -3.37. The molecule has 0 saturated heterocycles. The molecule has 2 heterocycles. The Balaban J connectivity index is 1.22. The molecule has 0 bridgehead atoms. The molecule has 69 heavy (non-hydrogen) atoms. The van der Waals surface area contributed by atoms with E-state index in [9.17, 15) is 0 Å². The van der Waals surface area contributed by atoms with Gasteiger partial charge in [-0.05, 0) is 146 Å². The molecule has 0 aliphatic heterocycles. The fourth-order valence-corrected chi connectivity index (χ4v) is 9.66. The lowest BCUT2D eigenvalue weighted by Gasteiger charge is -2.27. The second kappa shape index (κ2) is 18.0. The van der Waals surface area contributed by atoms with Crippen LogP contribution in [0.3, 0.4) is 0 Å². The average molecular weight is 907 g/mol. The van der Waals surface area contributed by atoms with Crippen molar-refractivity contribution in [3.8, 4) is 89.7 Å². The highest BCUT2D eigenvalue weighted by Crippen LogP contribution is 2.46. The summed E-state index contributed by atoms with van der Waals surface area (Å²) in [4.78, 5) is 10.6. The van der Waals surface area contributed by atoms with Crippen LogP contribution in [0.2, 0.25) is 0 Å². The quantitative estimate of drug-likeness (QED) is 0.145. The van der Waals surface area contributed by atoms with Crippen LogP contribution in [0.4, 0.5) is 0 Å². The molecule has 10 rings (SSSR count). The Bertz CT molecular complexity index is 3800. The van der Waals surface area contributed by atoms with E-state index in [0.717, 1.165) is 95.1 Å². The predicted octanol–water partition coefficient (Wildman–Crippen LogP) is 17.3. The maximum absolute atomic E-state index is 8.25. The fourth-order valence-electron chi connectivity index (χ4n) is 9.66. The Labute approximate surface area is 420 Å². The van der Waals surface area contributed by atoms with Crippen LogP contribution in [-0.4, -0.2) is 21.6 Å². The monoisotopic (exact) mass is 907 g/mol. The van der Waals surface area contributed by atoms with Crippen molar-refractivity contribution in [3.05, 3.63) is 217 Å². The van der Waals surface area contributed by atoms with Crippen LogP contribution in [-0.2, 0) is 10.8 Å². The molecule has 0 amide bonds. The van der Waals surface area contributed by atoms with E-state index in [4.69, 9.17) is 27.0 Å². The van der Waals surface area contributed by atoms with Gasteiger partial charge in [0.1, 0.15) is 11.6 Å². The fraction of sp³-hybridized carbons (Fsp3) is 0.169. The summed E-state index contributed by atoms with van der Waals surface area (Å²) >= 11 is 0. The first kappa shape index (κ1) is 35.3. The number of aryl methyl sites for hydroxylation is 2. The molecule has 0 N–H and O–H groups in total. The number of nitrogens with zero attached hydrogens (tertiary/aromatic N) is 3. The van der Waals surface area contributed by atoms with Gasteiger partial charge in [-0.15, -0.1) is 0 Å². The van der Waals surface area contributed by atoms with Crippen molar-refractivity contribution in [1.29, 1.82) is 0 Å². The van der Waals surface area contributed by atoms with E-state index < -0.39 is 26.0 Å². The first-order valence-corrected chi connectivity index (χ1v) is 23.3. The van der Waals surface area contributed by atoms with Gasteiger partial charge >= 0.3 is 0 Å². The van der Waals surface area contributed by atoms with Gasteiger partial charge in [-0.1, -0.05) is 175 Å². The van der Waals surface area contributed by atoms with Crippen molar-refractivity contribution in [1.82, 2.24) is 14.5 Å². The zero-order valence-corrected chi connectivity index (χ0v) is 39.7. The number of pyridine rings is 1. The van der Waals surface area contributed by atoms with Crippen molar-refractivity contribution in [2.75, 3.05) is 7.11 Å². The average Bonchev–Trinajstić information content (AvgIpc) is 3.78. The van der Waals surface area contributed by atoms with E-state index in [1.165, 1.54) is 17.7 Å². The van der Waals surface area contributed by atoms with Crippen LogP contribution in [0, 0.1) is 13.8 Å². The molecule has 8 aromatic carbocycles. The molecule has 0 fully saturated rings. The van der Waals surface area contributed by atoms with Gasteiger partial charge in [-0.3, -0.25) is 9.55 Å². The molecule has 340 valence electrons. The molecule has 10 aromatic rings. The number of fused-ring (bicyclic) bond motifs is 1. The number of aromatic nitrogens is 3. The number of methoxy groups -OCH3 is 1. The molecule has 0 saturated carbocycles. The van der Waals surface area contributed by atoms with Crippen molar-refractivity contribution in [2.24, 2.45) is 0 Å². The van der Waals surface area contributed by atoms with E-state index in [0.29, 0.717) is 16.8 Å². The number of rotatable bonds is 9. The lowest BCUT2D eigenvalue weighted by Crippen LogP contribution is -2.14. The largest absolute Gasteiger partial charge is 0.496 e. The Morgan fingerprint density at radius 2 is 1.12 bits per heavy atom. The highest BCUT2D eigenvalue weighted by Gasteiger charge is 2.27. The van der Waals surface area contributed by atoms with E-state index >= 15 is 0 Å². The Hall–Kier alpha value is -7.82. The smallest absolute Gasteiger partial charge is 0.149 e. The van der Waals surface area contributed by atoms with Gasteiger partial charge in [0.15, 0.2) is 0 Å². The summed E-state index contributed by atoms with van der Waals surface area (Å²) in [6.07, 6.45) is 1.69. The molecule has 0 atom stereocenters. The molecule has 0 aliphatic rings. The molecule has 0 radical (unpaired) electrons. The molecule has 0 unspecified atom stereocenters. The van der Waals surface area contributed by atoms with Gasteiger partial charge in [-0.25, -0.2) is 4.98 Å². The molecular formula is C65H59N3O. The number of para-hydroxylation sites is 1. The van der Waals surface area contributed by atoms with Gasteiger partial charge in [0.05, 0.1) is 35.1 Å². The van der Waals surface area contributed by atoms with Gasteiger partial charge in [0.25, 0.3) is 0 Å². The van der Waals surface area contributed by atoms with E-state index in [1.807, 2.05) is 42.5 Å². The van der Waals surface area contributed by atoms with Crippen molar-refractivity contribution in [2.45, 2.75) is 66.0 Å². The SMILES string of the molecule is [2H]C([2H])([2H])C(c1ccc(-c2ccnc(-c3cc(-c4ccccc4)cc(-c4cccc5c4nc(-c4cc(C)cc(C)c4OC)n5-c4cc(-c5ccccc5)c(C(C)(C)C)cc4-c4ccccc4)c3)c2)cc1)(C([2H])([2H])[2H])C([2H])([2H])[2H]. The minimum Gasteiger partial charge on any atom is -0.496 e. The Morgan fingerprint density at radius 1 is 0.493 bits per heavy atom. The Morgan fingerprint density at radius 3 is 1.77 bits per heavy atom. The van der Waals surface area contributed by atoms with Gasteiger partial charge in [-0.2, -0.15) is 0 Å². The number of hydrogen-bond donors (Lipinski definition) is 0. The summed E-state index contributed by atoms with van der Waals surface area (Å²) in [6.45, 7) is 0.820. The minimum absolute atomic E-state index is 0.214. The molecule has 4 nitrogen and oxygen atoms in total. The van der Waals surface area contributed by atoms with Crippen molar-refractivity contribution in [3.63, 3.8) is 0 Å². The van der Waals surface area contributed by atoms with E-state index in [1.54, 1.807) is 25.4 Å². The van der Waals surface area contributed by atoms with Gasteiger partial charge in [0.2, 0.25) is 0 Å². The third-order valence-electron chi connectivity index (χ3n) is 13.0. The van der Waals surface area contributed by atoms with Crippen LogP contribution in [0.5, 0.6) is 5.75 Å². The molecule has 4 heteroatoms. The maximum atomic E-state index is 8.25. The van der Waals surface area contributed by atoms with Gasteiger partial charge in [0, 0.05) is 35.2 Å². The zero-order valence-electron chi connectivity index (χ0n) is 48.7. The Kier molecular flexibility index (Phi) is 9.22. The first-order valence-electron chi connectivity index (χ1n) is 27.8. The highest BCUT2D eigenvalue weighted by atomic mass is 16.5. The highest BCUT2D eigenvalue weighted by molar-refractivity contribution is 5.99. The topological polar surface area (TPSA) is 39.9 Å². The number of benzene rings is 8. The second-order valence-electron chi connectivity index (χ2n) is 18.9. The lowest BCUT2D eigenvalue weighted by atomic mass is 9.79. The van der Waals surface area contributed by atoms with Crippen LogP contribution in [0.1, 0.15) is 75.9 Å². The third-order valence-corrected chi connectivity index (χ3v) is 13.0. The van der Waals surface area contributed by atoms with Crippen LogP contribution >= 0.6 is 0 Å². The third kappa shape index (κ3) is 8.80. The van der Waals surface area contributed by atoms with E-state index in [-0.39, 0.29) is 11.0 Å². The molecule has 0 spiro atoms. The van der Waals surface area contributed by atoms with Crippen LogP contribution in [0.25, 0.3) is 95.0 Å². The summed E-state index contributed by atoms with van der Waals surface area (Å²) in [5, 5.41) is 0. The zero-order chi connectivity index (χ0) is 55.5. The second-order valence-corrected chi connectivity index (χ2v) is 18.9. The first-order chi connectivity index (χ1) is 37.0. The normalized spacial score (nSPS) is 14.3. The summed E-state index contributed by atoms with van der Waals surface area (Å²) in [6, 6.07) is 62.4. The lowest BCUT2D eigenvalue weighted by molar-refractivity contribution is 0.413. The number of imidazole rings is 1. The predicted molar refractivity (Wildman–Crippen MR) is 290 cm³/mol. The molecule has 0 aliphatic carbocycles. The number of ether oxygens (including phenoxy) is 1. The number of hydrogen-bond acceptors (Lipinski definition) is 3. The standard InChI is InChI=1S/C65H59N3O/c1-42-34-43(2)62(69-9)56(35-42)63-67-61-53(26-19-27-59(61)68(63)60-41-54(46-22-15-11-16-23-46)57(65(6,7)8)40-55(60)47-24-17-12-18-25-47)50-36-49(44-20-13-10-14-21-44)37-51(38-50)58-39-48(32-33-66-58)45-28-30-52(31-29-45)64(3,4)5/h10-41H,1-9H3/i3D3,4D3,5D3. The van der Waals surface area contributed by atoms with Crippen molar-refractivity contribution >= 4 is 11.0 Å². The van der Waals surface area contributed by atoms with Crippen molar-refractivity contribution < 1.29 is 17.1 Å².